The quantitative estimate of drug-likeness (QED) is 0.831. The number of rotatable bonds is 6. The Labute approximate surface area is 130 Å². The molecular formula is C17H22N2O3. The van der Waals surface area contributed by atoms with E-state index in [1.54, 1.807) is 0 Å². The minimum absolute atomic E-state index is 0.140. The lowest BCUT2D eigenvalue weighted by molar-refractivity contribution is -0.130. The minimum Gasteiger partial charge on any atom is -0.368 e. The van der Waals surface area contributed by atoms with Crippen LogP contribution in [0.4, 0.5) is 0 Å². The SMILES string of the molecule is NC(=O)[C@H](NC(=O)CCc1ccccc1)[C@H]1CCCC(=O)C1. The third kappa shape index (κ3) is 4.69. The van der Waals surface area contributed by atoms with Gasteiger partial charge in [-0.3, -0.25) is 14.4 Å². The van der Waals surface area contributed by atoms with Crippen LogP contribution in [0.1, 0.15) is 37.7 Å². The zero-order valence-corrected chi connectivity index (χ0v) is 12.6. The van der Waals surface area contributed by atoms with Gasteiger partial charge in [0.15, 0.2) is 0 Å². The first-order valence-corrected chi connectivity index (χ1v) is 7.70. The summed E-state index contributed by atoms with van der Waals surface area (Å²) in [4.78, 5) is 35.2. The van der Waals surface area contributed by atoms with Gasteiger partial charge in [-0.15, -0.1) is 0 Å². The van der Waals surface area contributed by atoms with Crippen LogP contribution in [0.5, 0.6) is 0 Å². The number of nitrogens with two attached hydrogens (primary N) is 1. The lowest BCUT2D eigenvalue weighted by atomic mass is 9.83. The van der Waals surface area contributed by atoms with Gasteiger partial charge in [-0.05, 0) is 30.7 Å². The highest BCUT2D eigenvalue weighted by Gasteiger charge is 2.31. The first-order valence-electron chi connectivity index (χ1n) is 7.70. The third-order valence-corrected chi connectivity index (χ3v) is 4.10. The van der Waals surface area contributed by atoms with Gasteiger partial charge < -0.3 is 11.1 Å². The molecule has 2 rings (SSSR count). The van der Waals surface area contributed by atoms with E-state index in [9.17, 15) is 14.4 Å². The molecule has 0 aliphatic heterocycles. The van der Waals surface area contributed by atoms with Crippen molar-refractivity contribution in [1.82, 2.24) is 5.32 Å². The van der Waals surface area contributed by atoms with Crippen LogP contribution in [0.25, 0.3) is 0 Å². The van der Waals surface area contributed by atoms with E-state index in [1.165, 1.54) is 0 Å². The molecule has 1 aromatic rings. The Hall–Kier alpha value is -2.17. The number of carbonyl (C=O) groups is 3. The van der Waals surface area contributed by atoms with Crippen LogP contribution in [0, 0.1) is 5.92 Å². The average molecular weight is 302 g/mol. The first kappa shape index (κ1) is 16.2. The van der Waals surface area contributed by atoms with Crippen LogP contribution in [0.2, 0.25) is 0 Å². The summed E-state index contributed by atoms with van der Waals surface area (Å²) in [5.74, 6) is -0.793. The van der Waals surface area contributed by atoms with Crippen molar-refractivity contribution in [2.75, 3.05) is 0 Å². The first-order chi connectivity index (χ1) is 10.6. The summed E-state index contributed by atoms with van der Waals surface area (Å²) >= 11 is 0. The molecule has 0 unspecified atom stereocenters. The monoisotopic (exact) mass is 302 g/mol. The van der Waals surface area contributed by atoms with E-state index in [4.69, 9.17) is 5.73 Å². The Morgan fingerprint density at radius 3 is 2.64 bits per heavy atom. The van der Waals surface area contributed by atoms with E-state index in [0.717, 1.165) is 18.4 Å². The van der Waals surface area contributed by atoms with Gasteiger partial charge in [0.05, 0.1) is 0 Å². The molecule has 2 amide bonds. The molecule has 1 aliphatic carbocycles. The summed E-state index contributed by atoms with van der Waals surface area (Å²) in [6, 6.07) is 8.94. The molecule has 1 fully saturated rings. The molecule has 0 radical (unpaired) electrons. The fraction of sp³-hybridized carbons (Fsp3) is 0.471. The number of hydrogen-bond donors (Lipinski definition) is 2. The van der Waals surface area contributed by atoms with Crippen molar-refractivity contribution < 1.29 is 14.4 Å². The van der Waals surface area contributed by atoms with Gasteiger partial charge in [-0.2, -0.15) is 0 Å². The molecule has 0 heterocycles. The molecule has 1 saturated carbocycles. The van der Waals surface area contributed by atoms with Gasteiger partial charge in [-0.1, -0.05) is 30.3 Å². The number of aryl methyl sites for hydroxylation is 1. The van der Waals surface area contributed by atoms with Gasteiger partial charge in [0.1, 0.15) is 11.8 Å². The highest BCUT2D eigenvalue weighted by atomic mass is 16.2. The molecule has 5 heteroatoms. The largest absolute Gasteiger partial charge is 0.368 e. The molecule has 1 aromatic carbocycles. The maximum absolute atomic E-state index is 12.1. The molecule has 0 bridgehead atoms. The second-order valence-corrected chi connectivity index (χ2v) is 5.83. The molecule has 0 spiro atoms. The second-order valence-electron chi connectivity index (χ2n) is 5.83. The van der Waals surface area contributed by atoms with Gasteiger partial charge in [0.25, 0.3) is 0 Å². The van der Waals surface area contributed by atoms with Crippen molar-refractivity contribution >= 4 is 17.6 Å². The normalized spacial score (nSPS) is 19.5. The smallest absolute Gasteiger partial charge is 0.240 e. The number of Topliss-reactive ketones (excluding diaryl/α,β-unsaturated/α-hetero) is 1. The molecule has 1 aliphatic rings. The number of hydrogen-bond acceptors (Lipinski definition) is 3. The molecule has 3 N–H and O–H groups in total. The standard InChI is InChI=1S/C17H22N2O3/c18-17(22)16(13-7-4-8-14(20)11-13)19-15(21)10-9-12-5-2-1-3-6-12/h1-3,5-6,13,16H,4,7-11H2,(H2,18,22)(H,19,21)/t13-,16+/m0/s1. The number of nitrogens with one attached hydrogen (secondary N) is 1. The van der Waals surface area contributed by atoms with Crippen molar-refractivity contribution in [2.45, 2.75) is 44.6 Å². The lowest BCUT2D eigenvalue weighted by Gasteiger charge is -2.28. The van der Waals surface area contributed by atoms with Crippen LogP contribution in [0.3, 0.4) is 0 Å². The number of carbonyl (C=O) groups excluding carboxylic acids is 3. The highest BCUT2D eigenvalue weighted by Crippen LogP contribution is 2.24. The average Bonchev–Trinajstić information content (AvgIpc) is 2.51. The zero-order chi connectivity index (χ0) is 15.9. The lowest BCUT2D eigenvalue weighted by Crippen LogP contribution is -2.50. The predicted molar refractivity (Wildman–Crippen MR) is 82.9 cm³/mol. The van der Waals surface area contributed by atoms with E-state index in [0.29, 0.717) is 25.7 Å². The van der Waals surface area contributed by atoms with E-state index in [1.807, 2.05) is 30.3 Å². The van der Waals surface area contributed by atoms with E-state index in [-0.39, 0.29) is 17.6 Å². The molecule has 5 nitrogen and oxygen atoms in total. The number of benzene rings is 1. The summed E-state index contributed by atoms with van der Waals surface area (Å²) in [7, 11) is 0. The summed E-state index contributed by atoms with van der Waals surface area (Å²) < 4.78 is 0. The van der Waals surface area contributed by atoms with E-state index < -0.39 is 11.9 Å². The van der Waals surface area contributed by atoms with Crippen LogP contribution in [0.15, 0.2) is 30.3 Å². The Morgan fingerprint density at radius 1 is 1.27 bits per heavy atom. The topological polar surface area (TPSA) is 89.3 Å². The molecular weight excluding hydrogens is 280 g/mol. The van der Waals surface area contributed by atoms with Crippen molar-refractivity contribution in [1.29, 1.82) is 0 Å². The predicted octanol–water partition coefficient (Wildman–Crippen LogP) is 1.35. The highest BCUT2D eigenvalue weighted by molar-refractivity contribution is 5.88. The van der Waals surface area contributed by atoms with Crippen molar-refractivity contribution in [2.24, 2.45) is 11.7 Å². The van der Waals surface area contributed by atoms with Gasteiger partial charge in [0, 0.05) is 19.3 Å². The van der Waals surface area contributed by atoms with Crippen LogP contribution >= 0.6 is 0 Å². The van der Waals surface area contributed by atoms with E-state index >= 15 is 0 Å². The molecule has 2 atom stereocenters. The summed E-state index contributed by atoms with van der Waals surface area (Å²) in [6.07, 6.45) is 3.30. The number of amides is 2. The Kier molecular flexibility index (Phi) is 5.69. The second kappa shape index (κ2) is 7.73. The minimum atomic E-state index is -0.743. The number of ketones is 1. The summed E-state index contributed by atoms with van der Waals surface area (Å²) in [6.45, 7) is 0. The van der Waals surface area contributed by atoms with Crippen LogP contribution < -0.4 is 11.1 Å². The summed E-state index contributed by atoms with van der Waals surface area (Å²) in [5.41, 5.74) is 6.47. The van der Waals surface area contributed by atoms with Crippen molar-refractivity contribution in [3.05, 3.63) is 35.9 Å². The Bertz CT molecular complexity index is 542. The maximum atomic E-state index is 12.1. The Balaban J connectivity index is 1.88. The third-order valence-electron chi connectivity index (χ3n) is 4.10. The van der Waals surface area contributed by atoms with Crippen molar-refractivity contribution in [3.63, 3.8) is 0 Å². The van der Waals surface area contributed by atoms with Gasteiger partial charge >= 0.3 is 0 Å². The maximum Gasteiger partial charge on any atom is 0.240 e. The molecule has 22 heavy (non-hydrogen) atoms. The fourth-order valence-corrected chi connectivity index (χ4v) is 2.91. The fourth-order valence-electron chi connectivity index (χ4n) is 2.91. The Morgan fingerprint density at radius 2 is 2.00 bits per heavy atom. The summed E-state index contributed by atoms with van der Waals surface area (Å²) in [5, 5.41) is 2.71. The zero-order valence-electron chi connectivity index (χ0n) is 12.6. The van der Waals surface area contributed by atoms with Crippen molar-refractivity contribution in [3.8, 4) is 0 Å². The molecule has 0 saturated heterocycles. The molecule has 118 valence electrons. The van der Waals surface area contributed by atoms with Crippen LogP contribution in [-0.4, -0.2) is 23.6 Å². The number of primary amides is 1. The van der Waals surface area contributed by atoms with Gasteiger partial charge in [-0.25, -0.2) is 0 Å². The van der Waals surface area contributed by atoms with Gasteiger partial charge in [0.2, 0.25) is 11.8 Å². The van der Waals surface area contributed by atoms with E-state index in [2.05, 4.69) is 5.32 Å². The van der Waals surface area contributed by atoms with Crippen LogP contribution in [-0.2, 0) is 20.8 Å². The molecule has 0 aromatic heterocycles.